The summed E-state index contributed by atoms with van der Waals surface area (Å²) in [5.41, 5.74) is 0.0545. The van der Waals surface area contributed by atoms with E-state index in [1.54, 1.807) is 0 Å². The molecule has 3 N–H and O–H groups in total. The van der Waals surface area contributed by atoms with Gasteiger partial charge in [-0.1, -0.05) is 23.2 Å². The summed E-state index contributed by atoms with van der Waals surface area (Å²) in [5.74, 6) is -2.04. The third-order valence-corrected chi connectivity index (χ3v) is 2.52. The number of benzene rings is 1. The number of carboxylic acids is 1. The SMILES string of the molecule is O=C(N[C@H](CO)C(=O)O)c1cc(Cl)ccc1Cl. The maximum Gasteiger partial charge on any atom is 0.328 e. The van der Waals surface area contributed by atoms with Crippen molar-refractivity contribution in [3.05, 3.63) is 33.8 Å². The van der Waals surface area contributed by atoms with E-state index in [0.29, 0.717) is 5.02 Å². The Labute approximate surface area is 107 Å². The predicted octanol–water partition coefficient (Wildman–Crippen LogP) is 1.17. The van der Waals surface area contributed by atoms with Gasteiger partial charge in [-0.15, -0.1) is 0 Å². The van der Waals surface area contributed by atoms with Gasteiger partial charge in [0.15, 0.2) is 6.04 Å². The van der Waals surface area contributed by atoms with Crippen LogP contribution in [0.1, 0.15) is 10.4 Å². The summed E-state index contributed by atoms with van der Waals surface area (Å²) in [5, 5.41) is 20.0. The molecule has 0 aliphatic heterocycles. The Hall–Kier alpha value is -1.30. The second-order valence-electron chi connectivity index (χ2n) is 3.17. The molecule has 0 saturated carbocycles. The highest BCUT2D eigenvalue weighted by Crippen LogP contribution is 2.20. The number of aliphatic hydroxyl groups is 1. The Morgan fingerprint density at radius 1 is 1.35 bits per heavy atom. The number of carboxylic acid groups (broad SMARTS) is 1. The van der Waals surface area contributed by atoms with Crippen LogP contribution in [0.4, 0.5) is 0 Å². The fraction of sp³-hybridized carbons (Fsp3) is 0.200. The zero-order valence-electron chi connectivity index (χ0n) is 8.48. The van der Waals surface area contributed by atoms with Crippen molar-refractivity contribution in [2.24, 2.45) is 0 Å². The predicted molar refractivity (Wildman–Crippen MR) is 62.4 cm³/mol. The number of carbonyl (C=O) groups excluding carboxylic acids is 1. The van der Waals surface area contributed by atoms with E-state index in [1.807, 2.05) is 0 Å². The number of nitrogens with one attached hydrogen (secondary N) is 1. The first kappa shape index (κ1) is 13.8. The summed E-state index contributed by atoms with van der Waals surface area (Å²) in [6.45, 7) is -0.709. The standard InChI is InChI=1S/C10H9Cl2NO4/c11-5-1-2-7(12)6(3-5)9(15)13-8(4-14)10(16)17/h1-3,8,14H,4H2,(H,13,15)(H,16,17)/t8-/m1/s1. The number of rotatable bonds is 4. The maximum absolute atomic E-state index is 11.7. The van der Waals surface area contributed by atoms with Crippen LogP contribution in [0, 0.1) is 0 Å². The van der Waals surface area contributed by atoms with Crippen LogP contribution in [-0.2, 0) is 4.79 Å². The molecule has 0 aromatic heterocycles. The van der Waals surface area contributed by atoms with Gasteiger partial charge >= 0.3 is 5.97 Å². The topological polar surface area (TPSA) is 86.6 Å². The van der Waals surface area contributed by atoms with Gasteiger partial charge in [-0.05, 0) is 18.2 Å². The molecule has 0 aliphatic carbocycles. The molecule has 0 heterocycles. The Kier molecular flexibility index (Phi) is 4.74. The quantitative estimate of drug-likeness (QED) is 0.771. The number of aliphatic carboxylic acids is 1. The summed E-state index contributed by atoms with van der Waals surface area (Å²) in [4.78, 5) is 22.3. The van der Waals surface area contributed by atoms with Crippen LogP contribution >= 0.6 is 23.2 Å². The maximum atomic E-state index is 11.7. The lowest BCUT2D eigenvalue weighted by Crippen LogP contribution is -2.43. The van der Waals surface area contributed by atoms with E-state index in [1.165, 1.54) is 18.2 Å². The van der Waals surface area contributed by atoms with Gasteiger partial charge in [-0.3, -0.25) is 4.79 Å². The molecule has 92 valence electrons. The van der Waals surface area contributed by atoms with Crippen molar-refractivity contribution in [2.75, 3.05) is 6.61 Å². The van der Waals surface area contributed by atoms with Gasteiger partial charge in [0.05, 0.1) is 17.2 Å². The minimum Gasteiger partial charge on any atom is -0.480 e. The monoisotopic (exact) mass is 277 g/mol. The van der Waals surface area contributed by atoms with Crippen LogP contribution in [0.5, 0.6) is 0 Å². The molecule has 0 fully saturated rings. The molecular weight excluding hydrogens is 269 g/mol. The lowest BCUT2D eigenvalue weighted by atomic mass is 10.2. The molecule has 1 amide bonds. The van der Waals surface area contributed by atoms with Crippen molar-refractivity contribution in [2.45, 2.75) is 6.04 Å². The summed E-state index contributed by atoms with van der Waals surface area (Å²) < 4.78 is 0. The molecule has 0 spiro atoms. The van der Waals surface area contributed by atoms with Crippen molar-refractivity contribution in [3.63, 3.8) is 0 Å². The second-order valence-corrected chi connectivity index (χ2v) is 4.01. The van der Waals surface area contributed by atoms with E-state index in [4.69, 9.17) is 33.4 Å². The summed E-state index contributed by atoms with van der Waals surface area (Å²) in [7, 11) is 0. The average Bonchev–Trinajstić information content (AvgIpc) is 2.28. The lowest BCUT2D eigenvalue weighted by Gasteiger charge is -2.12. The second kappa shape index (κ2) is 5.86. The fourth-order valence-corrected chi connectivity index (χ4v) is 1.47. The zero-order chi connectivity index (χ0) is 13.0. The Morgan fingerprint density at radius 2 is 2.00 bits per heavy atom. The Balaban J connectivity index is 2.89. The van der Waals surface area contributed by atoms with Crippen LogP contribution in [0.2, 0.25) is 10.0 Å². The molecule has 1 atom stereocenters. The number of carbonyl (C=O) groups is 2. The van der Waals surface area contributed by atoms with E-state index in [0.717, 1.165) is 0 Å². The first-order chi connectivity index (χ1) is 7.95. The van der Waals surface area contributed by atoms with Crippen LogP contribution in [0.25, 0.3) is 0 Å². The van der Waals surface area contributed by atoms with E-state index < -0.39 is 24.5 Å². The first-order valence-corrected chi connectivity index (χ1v) is 5.31. The van der Waals surface area contributed by atoms with Gasteiger partial charge in [0.2, 0.25) is 0 Å². The van der Waals surface area contributed by atoms with Gasteiger partial charge in [0, 0.05) is 5.02 Å². The van der Waals surface area contributed by atoms with E-state index in [9.17, 15) is 9.59 Å². The largest absolute Gasteiger partial charge is 0.480 e. The highest BCUT2D eigenvalue weighted by atomic mass is 35.5. The van der Waals surface area contributed by atoms with Gasteiger partial charge in [0.25, 0.3) is 5.91 Å². The fourth-order valence-electron chi connectivity index (χ4n) is 1.09. The molecule has 5 nitrogen and oxygen atoms in total. The molecule has 1 aromatic rings. The highest BCUT2D eigenvalue weighted by Gasteiger charge is 2.20. The smallest absolute Gasteiger partial charge is 0.328 e. The van der Waals surface area contributed by atoms with Crippen LogP contribution in [0.3, 0.4) is 0 Å². The van der Waals surface area contributed by atoms with Crippen molar-refractivity contribution in [1.29, 1.82) is 0 Å². The number of hydrogen-bond acceptors (Lipinski definition) is 3. The summed E-state index contributed by atoms with van der Waals surface area (Å²) >= 11 is 11.5. The molecule has 0 radical (unpaired) electrons. The first-order valence-electron chi connectivity index (χ1n) is 4.55. The van der Waals surface area contributed by atoms with Crippen LogP contribution < -0.4 is 5.32 Å². The van der Waals surface area contributed by atoms with Crippen LogP contribution in [-0.4, -0.2) is 34.7 Å². The van der Waals surface area contributed by atoms with Gasteiger partial charge < -0.3 is 15.5 Å². The molecule has 1 aromatic carbocycles. The van der Waals surface area contributed by atoms with Crippen LogP contribution in [0.15, 0.2) is 18.2 Å². The van der Waals surface area contributed by atoms with Gasteiger partial charge in [-0.2, -0.15) is 0 Å². The molecule has 7 heteroatoms. The lowest BCUT2D eigenvalue weighted by molar-refractivity contribution is -0.140. The Bertz CT molecular complexity index is 450. The molecule has 0 aliphatic rings. The van der Waals surface area contributed by atoms with E-state index >= 15 is 0 Å². The third-order valence-electron chi connectivity index (χ3n) is 1.96. The Morgan fingerprint density at radius 3 is 2.53 bits per heavy atom. The van der Waals surface area contributed by atoms with E-state index in [-0.39, 0.29) is 10.6 Å². The molecule has 0 bridgehead atoms. The van der Waals surface area contributed by atoms with E-state index in [2.05, 4.69) is 5.32 Å². The number of halogens is 2. The van der Waals surface area contributed by atoms with Crippen molar-refractivity contribution >= 4 is 35.1 Å². The average molecular weight is 278 g/mol. The van der Waals surface area contributed by atoms with Gasteiger partial charge in [0.1, 0.15) is 0 Å². The zero-order valence-corrected chi connectivity index (χ0v) is 10.00. The van der Waals surface area contributed by atoms with Crippen molar-refractivity contribution < 1.29 is 19.8 Å². The summed E-state index contributed by atoms with van der Waals surface area (Å²) in [6, 6.07) is 2.86. The number of amides is 1. The number of hydrogen-bond donors (Lipinski definition) is 3. The highest BCUT2D eigenvalue weighted by molar-refractivity contribution is 6.35. The minimum atomic E-state index is -1.38. The van der Waals surface area contributed by atoms with Gasteiger partial charge in [-0.25, -0.2) is 4.79 Å². The minimum absolute atomic E-state index is 0.0545. The normalized spacial score (nSPS) is 11.9. The van der Waals surface area contributed by atoms with Crippen molar-refractivity contribution in [3.8, 4) is 0 Å². The van der Waals surface area contributed by atoms with Crippen molar-refractivity contribution in [1.82, 2.24) is 5.32 Å². The molecule has 17 heavy (non-hydrogen) atoms. The molecular formula is C10H9Cl2NO4. The summed E-state index contributed by atoms with van der Waals surface area (Å²) in [6.07, 6.45) is 0. The molecule has 0 saturated heterocycles. The molecule has 1 rings (SSSR count). The number of aliphatic hydroxyl groups excluding tert-OH is 1. The molecule has 0 unspecified atom stereocenters. The third kappa shape index (κ3) is 3.59.